The second kappa shape index (κ2) is 10.5. The third-order valence-corrected chi connectivity index (χ3v) is 7.08. The number of hydrogen-bond donors (Lipinski definition) is 2. The van der Waals surface area contributed by atoms with Gasteiger partial charge in [-0.25, -0.2) is 4.79 Å². The number of carboxylic acid groups (broad SMARTS) is 1. The molecule has 2 atom stereocenters. The minimum absolute atomic E-state index is 0.0781. The first-order chi connectivity index (χ1) is 16.8. The second-order valence-electron chi connectivity index (χ2n) is 9.53. The monoisotopic (exact) mass is 480 g/mol. The molecule has 1 aliphatic carbocycles. The number of alkyl carbamates (subject to hydrolysis) is 1. The van der Waals surface area contributed by atoms with Crippen LogP contribution in [0.4, 0.5) is 4.79 Å². The normalized spacial score (nSPS) is 19.7. The quantitative estimate of drug-likeness (QED) is 0.531. The smallest absolute Gasteiger partial charge is 0.407 e. The minimum atomic E-state index is -0.976. The molecule has 0 saturated carbocycles. The van der Waals surface area contributed by atoms with Gasteiger partial charge in [-0.2, -0.15) is 0 Å². The van der Waals surface area contributed by atoms with Crippen LogP contribution >= 0.6 is 0 Å². The van der Waals surface area contributed by atoms with Crippen molar-refractivity contribution in [3.8, 4) is 11.1 Å². The number of fused-ring (bicyclic) bond motifs is 3. The molecule has 1 heterocycles. The molecule has 0 radical (unpaired) electrons. The number of methoxy groups -OCH3 is 1. The zero-order valence-electron chi connectivity index (χ0n) is 20.2. The van der Waals surface area contributed by atoms with Gasteiger partial charge in [-0.15, -0.1) is 0 Å². The molecule has 2 N–H and O–H groups in total. The number of carbonyl (C=O) groups excluding carboxylic acids is 2. The largest absolute Gasteiger partial charge is 0.481 e. The lowest BCUT2D eigenvalue weighted by Gasteiger charge is -2.26. The van der Waals surface area contributed by atoms with Gasteiger partial charge in [0.2, 0.25) is 5.91 Å². The van der Waals surface area contributed by atoms with E-state index in [2.05, 4.69) is 17.4 Å². The molecule has 2 amide bonds. The summed E-state index contributed by atoms with van der Waals surface area (Å²) in [6, 6.07) is 15.4. The molecular formula is C27H32N2O6. The Morgan fingerprint density at radius 3 is 2.31 bits per heavy atom. The summed E-state index contributed by atoms with van der Waals surface area (Å²) in [4.78, 5) is 39.1. The zero-order valence-corrected chi connectivity index (χ0v) is 20.2. The van der Waals surface area contributed by atoms with Crippen LogP contribution in [0.3, 0.4) is 0 Å². The van der Waals surface area contributed by atoms with E-state index in [1.807, 2.05) is 36.4 Å². The number of rotatable bonds is 9. The predicted molar refractivity (Wildman–Crippen MR) is 130 cm³/mol. The van der Waals surface area contributed by atoms with E-state index >= 15 is 0 Å². The van der Waals surface area contributed by atoms with Gasteiger partial charge in [-0.05, 0) is 48.4 Å². The molecule has 2 aliphatic rings. The number of carboxylic acids is 1. The van der Waals surface area contributed by atoms with Crippen molar-refractivity contribution in [2.75, 3.05) is 33.4 Å². The summed E-state index contributed by atoms with van der Waals surface area (Å²) in [5.74, 6) is -1.29. The Labute approximate surface area is 205 Å². The molecule has 8 heteroatoms. The van der Waals surface area contributed by atoms with Crippen LogP contribution in [0.5, 0.6) is 0 Å². The fourth-order valence-electron chi connectivity index (χ4n) is 5.02. The minimum Gasteiger partial charge on any atom is -0.481 e. The number of amides is 2. The molecule has 2 unspecified atom stereocenters. The van der Waals surface area contributed by atoms with Crippen LogP contribution < -0.4 is 5.32 Å². The van der Waals surface area contributed by atoms with Gasteiger partial charge in [0.1, 0.15) is 12.6 Å². The standard InChI is InChI=1S/C27H32N2O6/c1-27(25(31)32)13-14-29(17-27)24(30)23(12-7-15-34-2)28-26(33)35-16-22-20-10-5-3-8-18(20)19-9-4-6-11-21(19)22/h3-6,8-11,22-23H,7,12-17H2,1-2H3,(H,28,33)(H,31,32). The topological polar surface area (TPSA) is 105 Å². The van der Waals surface area contributed by atoms with Crippen LogP contribution in [0.25, 0.3) is 11.1 Å². The number of hydrogen-bond acceptors (Lipinski definition) is 5. The third-order valence-electron chi connectivity index (χ3n) is 7.08. The number of ether oxygens (including phenoxy) is 2. The molecule has 4 rings (SSSR count). The fourth-order valence-corrected chi connectivity index (χ4v) is 5.02. The Morgan fingerprint density at radius 2 is 1.74 bits per heavy atom. The Bertz CT molecular complexity index is 1060. The Kier molecular flexibility index (Phi) is 7.40. The first-order valence-electron chi connectivity index (χ1n) is 12.0. The third kappa shape index (κ3) is 5.17. The molecule has 2 aromatic rings. The molecule has 186 valence electrons. The van der Waals surface area contributed by atoms with Gasteiger partial charge in [-0.1, -0.05) is 48.5 Å². The van der Waals surface area contributed by atoms with Gasteiger partial charge in [0.15, 0.2) is 0 Å². The first-order valence-corrected chi connectivity index (χ1v) is 12.0. The first kappa shape index (κ1) is 24.7. The van der Waals surface area contributed by atoms with Crippen LogP contribution in [-0.4, -0.2) is 67.4 Å². The summed E-state index contributed by atoms with van der Waals surface area (Å²) in [7, 11) is 1.58. The van der Waals surface area contributed by atoms with E-state index in [1.54, 1.807) is 14.0 Å². The van der Waals surface area contributed by atoms with Gasteiger partial charge in [0, 0.05) is 32.7 Å². The van der Waals surface area contributed by atoms with Crippen molar-refractivity contribution in [2.24, 2.45) is 5.41 Å². The molecule has 8 nitrogen and oxygen atoms in total. The van der Waals surface area contributed by atoms with Gasteiger partial charge < -0.3 is 24.8 Å². The molecule has 0 aromatic heterocycles. The van der Waals surface area contributed by atoms with Crippen molar-refractivity contribution < 1.29 is 29.0 Å². The Balaban J connectivity index is 1.41. The number of benzene rings is 2. The second-order valence-corrected chi connectivity index (χ2v) is 9.53. The lowest BCUT2D eigenvalue weighted by atomic mass is 9.90. The van der Waals surface area contributed by atoms with Gasteiger partial charge in [0.05, 0.1) is 5.41 Å². The summed E-state index contributed by atoms with van der Waals surface area (Å²) >= 11 is 0. The van der Waals surface area contributed by atoms with Crippen molar-refractivity contribution in [2.45, 2.75) is 38.1 Å². The molecule has 1 fully saturated rings. The Morgan fingerprint density at radius 1 is 1.11 bits per heavy atom. The molecule has 1 aliphatic heterocycles. The van der Waals surface area contributed by atoms with E-state index in [1.165, 1.54) is 4.90 Å². The summed E-state index contributed by atoms with van der Waals surface area (Å²) < 4.78 is 10.7. The van der Waals surface area contributed by atoms with Crippen molar-refractivity contribution in [3.63, 3.8) is 0 Å². The van der Waals surface area contributed by atoms with Crippen LogP contribution in [-0.2, 0) is 19.1 Å². The highest BCUT2D eigenvalue weighted by molar-refractivity contribution is 5.87. The van der Waals surface area contributed by atoms with Gasteiger partial charge in [0.25, 0.3) is 0 Å². The van der Waals surface area contributed by atoms with Crippen LogP contribution in [0.2, 0.25) is 0 Å². The van der Waals surface area contributed by atoms with E-state index < -0.39 is 23.5 Å². The van der Waals surface area contributed by atoms with E-state index in [-0.39, 0.29) is 25.0 Å². The number of nitrogens with zero attached hydrogens (tertiary/aromatic N) is 1. The lowest BCUT2D eigenvalue weighted by molar-refractivity contribution is -0.147. The number of carbonyl (C=O) groups is 3. The molecular weight excluding hydrogens is 448 g/mol. The van der Waals surface area contributed by atoms with Crippen molar-refractivity contribution in [1.29, 1.82) is 0 Å². The lowest BCUT2D eigenvalue weighted by Crippen LogP contribution is -2.49. The van der Waals surface area contributed by atoms with E-state index in [0.29, 0.717) is 32.4 Å². The summed E-state index contributed by atoms with van der Waals surface area (Å²) in [6.07, 6.45) is 0.657. The number of nitrogens with one attached hydrogen (secondary N) is 1. The van der Waals surface area contributed by atoms with Gasteiger partial charge in [-0.3, -0.25) is 9.59 Å². The SMILES string of the molecule is COCCCC(NC(=O)OCC1c2ccccc2-c2ccccc21)C(=O)N1CCC(C)(C(=O)O)C1. The summed E-state index contributed by atoms with van der Waals surface area (Å²) in [5.41, 5.74) is 3.52. The summed E-state index contributed by atoms with van der Waals surface area (Å²) in [6.45, 7) is 2.70. The number of aliphatic carboxylic acids is 1. The van der Waals surface area contributed by atoms with E-state index in [9.17, 15) is 19.5 Å². The van der Waals surface area contributed by atoms with Crippen molar-refractivity contribution in [1.82, 2.24) is 10.2 Å². The zero-order chi connectivity index (χ0) is 25.0. The van der Waals surface area contributed by atoms with Gasteiger partial charge >= 0.3 is 12.1 Å². The average molecular weight is 481 g/mol. The van der Waals surface area contributed by atoms with Crippen molar-refractivity contribution >= 4 is 18.0 Å². The maximum absolute atomic E-state index is 13.2. The van der Waals surface area contributed by atoms with Crippen molar-refractivity contribution in [3.05, 3.63) is 59.7 Å². The maximum atomic E-state index is 13.2. The van der Waals surface area contributed by atoms with Crippen LogP contribution in [0.15, 0.2) is 48.5 Å². The summed E-state index contributed by atoms with van der Waals surface area (Å²) in [5, 5.41) is 12.2. The highest BCUT2D eigenvalue weighted by Crippen LogP contribution is 2.44. The molecule has 0 spiro atoms. The average Bonchev–Trinajstić information content (AvgIpc) is 3.41. The maximum Gasteiger partial charge on any atom is 0.407 e. The van der Waals surface area contributed by atoms with E-state index in [0.717, 1.165) is 22.3 Å². The van der Waals surface area contributed by atoms with Crippen LogP contribution in [0, 0.1) is 5.41 Å². The predicted octanol–water partition coefficient (Wildman–Crippen LogP) is 3.64. The van der Waals surface area contributed by atoms with Crippen LogP contribution in [0.1, 0.15) is 43.2 Å². The highest BCUT2D eigenvalue weighted by Gasteiger charge is 2.43. The molecule has 1 saturated heterocycles. The fraction of sp³-hybridized carbons (Fsp3) is 0.444. The molecule has 2 aromatic carbocycles. The highest BCUT2D eigenvalue weighted by atomic mass is 16.5. The van der Waals surface area contributed by atoms with E-state index in [4.69, 9.17) is 9.47 Å². The number of likely N-dealkylation sites (tertiary alicyclic amines) is 1. The molecule has 35 heavy (non-hydrogen) atoms. The Hall–Kier alpha value is -3.39. The molecule has 0 bridgehead atoms.